The Morgan fingerprint density at radius 2 is 0.706 bits per heavy atom. The van der Waals surface area contributed by atoms with Crippen LogP contribution in [0.15, 0.2) is 32.0 Å². The molecule has 23 heteroatoms. The maximum atomic E-state index is 10.8. The van der Waals surface area contributed by atoms with E-state index in [4.69, 9.17) is 60.7 Å². The summed E-state index contributed by atoms with van der Waals surface area (Å²) in [7, 11) is 1.53. The van der Waals surface area contributed by atoms with Crippen LogP contribution in [-0.4, -0.2) is 94.0 Å². The molecule has 0 rings (SSSR count). The van der Waals surface area contributed by atoms with Crippen molar-refractivity contribution in [3.05, 3.63) is 29.4 Å². The van der Waals surface area contributed by atoms with E-state index in [9.17, 15) is 5.11 Å². The molecule has 0 bridgehead atoms. The molecule has 0 aliphatic rings. The summed E-state index contributed by atoms with van der Waals surface area (Å²) < 4.78 is 0. The van der Waals surface area contributed by atoms with Crippen molar-refractivity contribution < 1.29 is 53.4 Å². The minimum absolute atomic E-state index is 0. The van der Waals surface area contributed by atoms with E-state index in [0.717, 1.165) is 6.42 Å². The van der Waals surface area contributed by atoms with E-state index in [1.807, 2.05) is 0 Å². The van der Waals surface area contributed by atoms with Crippen molar-refractivity contribution in [2.75, 3.05) is 52.3 Å². The number of nitrogens with zero attached hydrogens (tertiary/aromatic N) is 6. The van der Waals surface area contributed by atoms with Crippen LogP contribution in [0.1, 0.15) is 118 Å². The zero-order valence-electron chi connectivity index (χ0n) is 32.8. The Bertz CT molecular complexity index is 612. The van der Waals surface area contributed by atoms with E-state index >= 15 is 0 Å². The third kappa shape index (κ3) is 139. The SMILES string of the molecule is CCCCCCC(CCCC)C(O)(P)CCCCCC.CC[PH](C)(C)C.CC[PH](C)(C)C.O=NO.O=NO.O=NO.O=NO.O=NO.O=NO.[Cu]. The summed E-state index contributed by atoms with van der Waals surface area (Å²) in [4.78, 5) is 48.7. The van der Waals surface area contributed by atoms with Crippen molar-refractivity contribution in [3.8, 4) is 0 Å². The molecule has 0 heterocycles. The summed E-state index contributed by atoms with van der Waals surface area (Å²) in [6, 6.07) is 0. The van der Waals surface area contributed by atoms with E-state index in [0.29, 0.717) is 5.92 Å². The summed E-state index contributed by atoms with van der Waals surface area (Å²) in [6.07, 6.45) is 18.9. The Labute approximate surface area is 319 Å². The zero-order chi connectivity index (χ0) is 41.9. The van der Waals surface area contributed by atoms with Crippen molar-refractivity contribution in [3.63, 3.8) is 0 Å². The average molecular weight is 860 g/mol. The first-order valence-electron chi connectivity index (χ1n) is 16.5. The van der Waals surface area contributed by atoms with Crippen LogP contribution >= 0.6 is 23.8 Å². The molecule has 0 amide bonds. The molecule has 0 aromatic carbocycles. The summed E-state index contributed by atoms with van der Waals surface area (Å²) >= 11 is 0. The molecule has 1 radical (unpaired) electrons. The first-order valence-corrected chi connectivity index (χ1v) is 24.5. The van der Waals surface area contributed by atoms with Gasteiger partial charge in [0.2, 0.25) is 0 Å². The molecule has 7 N–H and O–H groups in total. The van der Waals surface area contributed by atoms with Crippen LogP contribution in [0.5, 0.6) is 0 Å². The summed E-state index contributed by atoms with van der Waals surface area (Å²) in [5.74, 6) is 0.478. The van der Waals surface area contributed by atoms with Crippen LogP contribution in [0.3, 0.4) is 0 Å². The van der Waals surface area contributed by atoms with Crippen LogP contribution in [0, 0.1) is 35.4 Å². The second kappa shape index (κ2) is 66.4. The Kier molecular flexibility index (Phi) is 96.8. The molecule has 0 spiro atoms. The molecule has 3 atom stereocenters. The molecular weight excluding hydrogens is 785 g/mol. The van der Waals surface area contributed by atoms with Crippen molar-refractivity contribution in [1.82, 2.24) is 0 Å². The van der Waals surface area contributed by atoms with Gasteiger partial charge in [-0.3, -0.25) is 0 Å². The number of rotatable bonds is 16. The van der Waals surface area contributed by atoms with Gasteiger partial charge in [0.1, 0.15) is 0 Å². The fourth-order valence-corrected chi connectivity index (χ4v) is 3.49. The largest absolute Gasteiger partial charge is 0.379 e. The number of hydrogen-bond acceptors (Lipinski definition) is 13. The van der Waals surface area contributed by atoms with Crippen LogP contribution < -0.4 is 0 Å². The fraction of sp³-hybridized carbons (Fsp3) is 1.00. The molecule has 321 valence electrons. The summed E-state index contributed by atoms with van der Waals surface area (Å²) in [5.41, 5.74) is 0. The number of aliphatic hydroxyl groups is 1. The third-order valence-electron chi connectivity index (χ3n) is 6.57. The predicted octanol–water partition coefficient (Wildman–Crippen LogP) is 10.4. The Balaban J connectivity index is -0.0000000556. The molecule has 0 saturated heterocycles. The Morgan fingerprint density at radius 1 is 0.490 bits per heavy atom. The molecule has 0 fully saturated rings. The normalized spacial score (nSPS) is 11.2. The topological polar surface area (TPSA) is 318 Å². The standard InChI is InChI=1S/C18H39OP.2C5H15P.Cu.6HNO2/c1-4-7-10-12-15-17(14-9-6-3)18(19,20)16-13-11-8-5-2;2*1-5-6(2,3)4;;6*2-1-3/h17,19H,4-16,20H2,1-3H3;2*6H,5H2,1-4H3;;6*(H,2,3). The maximum Gasteiger partial charge on any atom is 0.152 e. The van der Waals surface area contributed by atoms with E-state index in [2.05, 4.69) is 83.8 Å². The molecule has 0 aromatic rings. The van der Waals surface area contributed by atoms with Gasteiger partial charge in [0.25, 0.3) is 0 Å². The van der Waals surface area contributed by atoms with Gasteiger partial charge in [-0.05, 0) is 25.2 Å². The number of unbranched alkanes of at least 4 members (excludes halogenated alkanes) is 7. The van der Waals surface area contributed by atoms with Gasteiger partial charge in [0.15, 0.2) is 32.0 Å². The summed E-state index contributed by atoms with van der Waals surface area (Å²) in [5, 5.41) is 57.6. The maximum absolute atomic E-state index is 10.8. The monoisotopic (exact) mass is 859 g/mol. The van der Waals surface area contributed by atoms with Gasteiger partial charge >= 0.3 is 80.7 Å². The smallest absolute Gasteiger partial charge is 0.152 e. The molecule has 51 heavy (non-hydrogen) atoms. The molecule has 19 nitrogen and oxygen atoms in total. The van der Waals surface area contributed by atoms with Gasteiger partial charge < -0.3 is 36.4 Å². The molecule has 0 aliphatic heterocycles. The minimum Gasteiger partial charge on any atom is -0.379 e. The molecule has 0 saturated carbocycles. The van der Waals surface area contributed by atoms with Crippen molar-refractivity contribution in [1.29, 1.82) is 0 Å². The van der Waals surface area contributed by atoms with Crippen molar-refractivity contribution in [2.45, 2.75) is 123 Å². The van der Waals surface area contributed by atoms with Crippen LogP contribution in [-0.2, 0) is 17.1 Å². The van der Waals surface area contributed by atoms with Gasteiger partial charge in [-0.25, -0.2) is 0 Å². The van der Waals surface area contributed by atoms with Gasteiger partial charge in [0.05, 0.1) is 5.34 Å². The van der Waals surface area contributed by atoms with Crippen LogP contribution in [0.2, 0.25) is 0 Å². The second-order valence-corrected chi connectivity index (χ2v) is 25.5. The average Bonchev–Trinajstić information content (AvgIpc) is 3.01. The third-order valence-corrected chi connectivity index (χ3v) is 11.6. The van der Waals surface area contributed by atoms with Gasteiger partial charge in [-0.1, -0.05) is 85.0 Å². The van der Waals surface area contributed by atoms with E-state index in [-0.39, 0.29) is 17.1 Å². The fourth-order valence-electron chi connectivity index (χ4n) is 2.95. The molecular formula is C28H75CuN6O13P3. The Morgan fingerprint density at radius 3 is 0.922 bits per heavy atom. The van der Waals surface area contributed by atoms with E-state index in [1.165, 1.54) is 121 Å². The predicted molar refractivity (Wildman–Crippen MR) is 214 cm³/mol. The first-order chi connectivity index (χ1) is 23.2. The van der Waals surface area contributed by atoms with Crippen molar-refractivity contribution in [2.24, 2.45) is 38.0 Å². The van der Waals surface area contributed by atoms with Gasteiger partial charge in [-0.15, -0.1) is 38.7 Å². The quantitative estimate of drug-likeness (QED) is 0.0250. The van der Waals surface area contributed by atoms with E-state index in [1.54, 1.807) is 0 Å². The van der Waals surface area contributed by atoms with Crippen LogP contribution in [0.4, 0.5) is 0 Å². The van der Waals surface area contributed by atoms with E-state index < -0.39 is 19.9 Å². The summed E-state index contributed by atoms with van der Waals surface area (Å²) in [6.45, 7) is 25.6. The molecule has 0 aromatic heterocycles. The number of hydrogen-bond donors (Lipinski definition) is 7. The second-order valence-electron chi connectivity index (χ2n) is 12.8. The van der Waals surface area contributed by atoms with Crippen LogP contribution in [0.25, 0.3) is 0 Å². The molecule has 3 unspecified atom stereocenters. The Hall–Kier alpha value is -1.83. The van der Waals surface area contributed by atoms with Crippen molar-refractivity contribution >= 4 is 23.8 Å². The van der Waals surface area contributed by atoms with Gasteiger partial charge in [0, 0.05) is 17.1 Å². The first kappa shape index (κ1) is 74.4. The minimum atomic E-state index is -0.631. The molecule has 0 aliphatic carbocycles. The van der Waals surface area contributed by atoms with Gasteiger partial charge in [-0.2, -0.15) is 0 Å². The zero-order valence-corrected chi connectivity index (χ0v) is 36.9.